The lowest BCUT2D eigenvalue weighted by Gasteiger charge is -2.33. The molecule has 3 atom stereocenters. The smallest absolute Gasteiger partial charge is 0.341 e. The number of carboxylic acids is 1. The number of aliphatic hydroxyl groups is 2. The van der Waals surface area contributed by atoms with E-state index in [4.69, 9.17) is 9.84 Å². The SMILES string of the molecule is O=C(O)COc1cccc2c(O)n(C3CCC(O)NC3O)c(O)c12. The first kappa shape index (κ1) is 16.4. The highest BCUT2D eigenvalue weighted by atomic mass is 16.5. The second-order valence-corrected chi connectivity index (χ2v) is 5.65. The maximum atomic E-state index is 10.7. The van der Waals surface area contributed by atoms with Crippen molar-refractivity contribution in [2.75, 3.05) is 6.61 Å². The number of nitrogens with zero attached hydrogens (tertiary/aromatic N) is 1. The number of nitrogens with one attached hydrogen (secondary N) is 1. The second-order valence-electron chi connectivity index (χ2n) is 5.65. The number of ether oxygens (including phenoxy) is 1. The first-order valence-corrected chi connectivity index (χ1v) is 7.41. The summed E-state index contributed by atoms with van der Waals surface area (Å²) in [6, 6.07) is 3.88. The third-order valence-corrected chi connectivity index (χ3v) is 4.09. The van der Waals surface area contributed by atoms with Crippen molar-refractivity contribution in [3.8, 4) is 17.5 Å². The van der Waals surface area contributed by atoms with Crippen molar-refractivity contribution in [2.24, 2.45) is 0 Å². The number of aromatic hydroxyl groups is 2. The Morgan fingerprint density at radius 1 is 1.25 bits per heavy atom. The predicted molar refractivity (Wildman–Crippen MR) is 81.8 cm³/mol. The molecular weight excluding hydrogens is 320 g/mol. The van der Waals surface area contributed by atoms with Crippen molar-refractivity contribution in [2.45, 2.75) is 31.3 Å². The van der Waals surface area contributed by atoms with Crippen molar-refractivity contribution >= 4 is 16.7 Å². The van der Waals surface area contributed by atoms with E-state index in [1.54, 1.807) is 12.1 Å². The highest BCUT2D eigenvalue weighted by Gasteiger charge is 2.33. The quantitative estimate of drug-likeness (QED) is 0.460. The number of hydrogen-bond acceptors (Lipinski definition) is 7. The third-order valence-electron chi connectivity index (χ3n) is 4.09. The molecule has 1 fully saturated rings. The van der Waals surface area contributed by atoms with E-state index in [1.807, 2.05) is 0 Å². The van der Waals surface area contributed by atoms with Crippen molar-refractivity contribution < 1.29 is 35.1 Å². The molecule has 0 saturated carbocycles. The van der Waals surface area contributed by atoms with Crippen LogP contribution in [0.1, 0.15) is 18.9 Å². The maximum absolute atomic E-state index is 10.7. The van der Waals surface area contributed by atoms with Crippen molar-refractivity contribution in [3.05, 3.63) is 18.2 Å². The summed E-state index contributed by atoms with van der Waals surface area (Å²) in [6.45, 7) is -0.593. The molecule has 6 N–H and O–H groups in total. The highest BCUT2D eigenvalue weighted by molar-refractivity contribution is 5.97. The lowest BCUT2D eigenvalue weighted by molar-refractivity contribution is -0.139. The van der Waals surface area contributed by atoms with Crippen molar-refractivity contribution in [3.63, 3.8) is 0 Å². The van der Waals surface area contributed by atoms with Gasteiger partial charge in [0, 0.05) is 0 Å². The molecule has 24 heavy (non-hydrogen) atoms. The fourth-order valence-electron chi connectivity index (χ4n) is 3.02. The summed E-state index contributed by atoms with van der Waals surface area (Å²) in [7, 11) is 0. The standard InChI is InChI=1S/C15H18N2O7/c18-10-5-4-8(13(21)16-10)17-14(22)7-2-1-3-9(12(7)15(17)23)24-6-11(19)20/h1-3,8,10,13,16,18,21-23H,4-6H2,(H,19,20). The molecular formula is C15H18N2O7. The second kappa shape index (κ2) is 6.19. The van der Waals surface area contributed by atoms with E-state index in [-0.39, 0.29) is 28.3 Å². The van der Waals surface area contributed by atoms with Gasteiger partial charge in [-0.3, -0.25) is 9.88 Å². The van der Waals surface area contributed by atoms with Crippen LogP contribution in [0.4, 0.5) is 0 Å². The minimum absolute atomic E-state index is 0.111. The summed E-state index contributed by atoms with van der Waals surface area (Å²) in [4.78, 5) is 10.7. The van der Waals surface area contributed by atoms with Crippen LogP contribution >= 0.6 is 0 Å². The van der Waals surface area contributed by atoms with Crippen LogP contribution in [0.15, 0.2) is 18.2 Å². The molecule has 9 nitrogen and oxygen atoms in total. The summed E-state index contributed by atoms with van der Waals surface area (Å²) in [6.07, 6.45) is -1.38. The average molecular weight is 338 g/mol. The number of aromatic nitrogens is 1. The van der Waals surface area contributed by atoms with Gasteiger partial charge in [0.05, 0.1) is 16.8 Å². The predicted octanol–water partition coefficient (Wildman–Crippen LogP) is 0.0772. The summed E-state index contributed by atoms with van der Waals surface area (Å²) < 4.78 is 6.31. The number of aliphatic hydroxyl groups excluding tert-OH is 2. The Hall–Kier alpha value is -2.49. The molecule has 1 saturated heterocycles. The summed E-state index contributed by atoms with van der Waals surface area (Å²) in [5.74, 6) is -1.67. The van der Waals surface area contributed by atoms with Gasteiger partial charge in [-0.2, -0.15) is 0 Å². The first-order valence-electron chi connectivity index (χ1n) is 7.41. The fourth-order valence-corrected chi connectivity index (χ4v) is 3.02. The van der Waals surface area contributed by atoms with Crippen LogP contribution in [0, 0.1) is 0 Å². The molecule has 2 aromatic rings. The number of fused-ring (bicyclic) bond motifs is 1. The fraction of sp³-hybridized carbons (Fsp3) is 0.400. The highest BCUT2D eigenvalue weighted by Crippen LogP contribution is 2.45. The van der Waals surface area contributed by atoms with Crippen LogP contribution in [0.3, 0.4) is 0 Å². The van der Waals surface area contributed by atoms with Crippen molar-refractivity contribution in [1.82, 2.24) is 9.88 Å². The van der Waals surface area contributed by atoms with E-state index in [2.05, 4.69) is 5.32 Å². The molecule has 0 radical (unpaired) electrons. The lowest BCUT2D eigenvalue weighted by atomic mass is 10.0. The van der Waals surface area contributed by atoms with Gasteiger partial charge in [0.2, 0.25) is 11.8 Å². The molecule has 0 bridgehead atoms. The molecule has 1 aliphatic rings. The first-order chi connectivity index (χ1) is 11.4. The van der Waals surface area contributed by atoms with Crippen LogP contribution in [-0.2, 0) is 4.79 Å². The minimum atomic E-state index is -1.17. The molecule has 2 heterocycles. The zero-order valence-electron chi connectivity index (χ0n) is 12.6. The number of aliphatic carboxylic acids is 1. The minimum Gasteiger partial charge on any atom is -0.494 e. The van der Waals surface area contributed by atoms with Crippen LogP contribution in [-0.4, -0.2) is 55.1 Å². The van der Waals surface area contributed by atoms with Crippen LogP contribution in [0.25, 0.3) is 10.8 Å². The summed E-state index contributed by atoms with van der Waals surface area (Å²) in [5, 5.41) is 52.3. The molecule has 1 aromatic heterocycles. The Morgan fingerprint density at radius 3 is 2.67 bits per heavy atom. The summed E-state index contributed by atoms with van der Waals surface area (Å²) in [5.41, 5.74) is 0. The molecule has 130 valence electrons. The van der Waals surface area contributed by atoms with E-state index in [0.29, 0.717) is 12.8 Å². The number of benzene rings is 1. The van der Waals surface area contributed by atoms with Crippen LogP contribution < -0.4 is 10.1 Å². The molecule has 0 aliphatic carbocycles. The van der Waals surface area contributed by atoms with Gasteiger partial charge in [-0.1, -0.05) is 6.07 Å². The Kier molecular flexibility index (Phi) is 4.22. The maximum Gasteiger partial charge on any atom is 0.341 e. The number of carboxylic acid groups (broad SMARTS) is 1. The molecule has 9 heteroatoms. The molecule has 0 amide bonds. The van der Waals surface area contributed by atoms with Gasteiger partial charge >= 0.3 is 5.97 Å². The van der Waals surface area contributed by atoms with Gasteiger partial charge < -0.3 is 30.3 Å². The van der Waals surface area contributed by atoms with Crippen LogP contribution in [0.2, 0.25) is 0 Å². The van der Waals surface area contributed by atoms with Gasteiger partial charge in [0.1, 0.15) is 18.2 Å². The van der Waals surface area contributed by atoms with Gasteiger partial charge in [-0.05, 0) is 25.0 Å². The zero-order chi connectivity index (χ0) is 17.4. The number of hydrogen-bond donors (Lipinski definition) is 6. The molecule has 1 aliphatic heterocycles. The lowest BCUT2D eigenvalue weighted by Crippen LogP contribution is -2.47. The third kappa shape index (κ3) is 2.73. The van der Waals surface area contributed by atoms with E-state index >= 15 is 0 Å². The Morgan fingerprint density at radius 2 is 2.00 bits per heavy atom. The normalized spacial score (nSPS) is 24.2. The van der Waals surface area contributed by atoms with Gasteiger partial charge in [0.25, 0.3) is 0 Å². The zero-order valence-corrected chi connectivity index (χ0v) is 12.6. The number of piperidine rings is 1. The van der Waals surface area contributed by atoms with E-state index < -0.39 is 31.1 Å². The van der Waals surface area contributed by atoms with Crippen molar-refractivity contribution in [1.29, 1.82) is 0 Å². The largest absolute Gasteiger partial charge is 0.494 e. The Bertz CT molecular complexity index is 773. The van der Waals surface area contributed by atoms with E-state index in [1.165, 1.54) is 6.07 Å². The Balaban J connectivity index is 2.06. The number of rotatable bonds is 4. The molecule has 3 rings (SSSR count). The molecule has 0 spiro atoms. The van der Waals surface area contributed by atoms with Gasteiger partial charge in [0.15, 0.2) is 6.61 Å². The van der Waals surface area contributed by atoms with Gasteiger partial charge in [-0.15, -0.1) is 0 Å². The summed E-state index contributed by atoms with van der Waals surface area (Å²) >= 11 is 0. The van der Waals surface area contributed by atoms with Gasteiger partial charge in [-0.25, -0.2) is 4.79 Å². The Labute approximate surface area is 136 Å². The topological polar surface area (TPSA) is 144 Å². The number of carbonyl (C=O) groups is 1. The van der Waals surface area contributed by atoms with E-state index in [9.17, 15) is 25.2 Å². The average Bonchev–Trinajstić information content (AvgIpc) is 2.78. The monoisotopic (exact) mass is 338 g/mol. The van der Waals surface area contributed by atoms with E-state index in [0.717, 1.165) is 4.57 Å². The van der Waals surface area contributed by atoms with Crippen LogP contribution in [0.5, 0.6) is 17.5 Å². The molecule has 3 unspecified atom stereocenters. The molecule has 1 aromatic carbocycles.